The van der Waals surface area contributed by atoms with Gasteiger partial charge in [0.05, 0.1) is 6.54 Å². The van der Waals surface area contributed by atoms with Crippen molar-refractivity contribution in [3.05, 3.63) is 0 Å². The van der Waals surface area contributed by atoms with E-state index >= 15 is 0 Å². The van der Waals surface area contributed by atoms with E-state index in [1.165, 1.54) is 0 Å². The fourth-order valence-corrected chi connectivity index (χ4v) is 1.74. The molecule has 1 fully saturated rings. The molecule has 0 saturated carbocycles. The second kappa shape index (κ2) is 3.90. The summed E-state index contributed by atoms with van der Waals surface area (Å²) in [6.45, 7) is 6.53. The molecule has 0 bridgehead atoms. The van der Waals surface area contributed by atoms with Gasteiger partial charge in [0, 0.05) is 6.54 Å². The summed E-state index contributed by atoms with van der Waals surface area (Å²) in [6.07, 6.45) is 1.16. The highest BCUT2D eigenvalue weighted by Crippen LogP contribution is 2.22. The number of rotatable bonds is 3. The van der Waals surface area contributed by atoms with Crippen molar-refractivity contribution in [2.75, 3.05) is 19.6 Å². The predicted octanol–water partition coefficient (Wildman–Crippen LogP) is 1.05. The maximum atomic E-state index is 10.4. The summed E-state index contributed by atoms with van der Waals surface area (Å²) >= 11 is 0. The molecule has 1 N–H and O–H groups in total. The highest BCUT2D eigenvalue weighted by Gasteiger charge is 2.25. The molecule has 0 aromatic rings. The Morgan fingerprint density at radius 2 is 2.33 bits per heavy atom. The minimum atomic E-state index is -0.709. The van der Waals surface area contributed by atoms with E-state index in [0.29, 0.717) is 11.8 Å². The first-order chi connectivity index (χ1) is 5.59. The standard InChI is InChI=1S/C9H17NO2/c1-7(2)8-3-4-10(5-8)6-9(11)12/h7-8H,3-6H2,1-2H3,(H,11,12)/t8-/m0/s1. The van der Waals surface area contributed by atoms with Crippen molar-refractivity contribution in [3.8, 4) is 0 Å². The second-order valence-corrected chi connectivity index (χ2v) is 3.92. The number of hydrogen-bond donors (Lipinski definition) is 1. The van der Waals surface area contributed by atoms with Gasteiger partial charge in [-0.05, 0) is 24.8 Å². The van der Waals surface area contributed by atoms with Gasteiger partial charge in [-0.2, -0.15) is 0 Å². The summed E-state index contributed by atoms with van der Waals surface area (Å²) < 4.78 is 0. The van der Waals surface area contributed by atoms with Gasteiger partial charge in [0.25, 0.3) is 0 Å². The van der Waals surface area contributed by atoms with E-state index in [0.717, 1.165) is 19.5 Å². The zero-order valence-corrected chi connectivity index (χ0v) is 7.79. The van der Waals surface area contributed by atoms with Crippen molar-refractivity contribution < 1.29 is 9.90 Å². The van der Waals surface area contributed by atoms with Crippen LogP contribution in [0.15, 0.2) is 0 Å². The summed E-state index contributed by atoms with van der Waals surface area (Å²) in [7, 11) is 0. The fraction of sp³-hybridized carbons (Fsp3) is 0.889. The fourth-order valence-electron chi connectivity index (χ4n) is 1.74. The Hall–Kier alpha value is -0.570. The predicted molar refractivity (Wildman–Crippen MR) is 47.0 cm³/mol. The van der Waals surface area contributed by atoms with Gasteiger partial charge in [0.15, 0.2) is 0 Å². The number of carboxylic acids is 1. The Morgan fingerprint density at radius 1 is 1.67 bits per heavy atom. The van der Waals surface area contributed by atoms with Crippen LogP contribution in [-0.4, -0.2) is 35.6 Å². The van der Waals surface area contributed by atoms with Crippen LogP contribution in [-0.2, 0) is 4.79 Å². The van der Waals surface area contributed by atoms with Crippen molar-refractivity contribution in [2.45, 2.75) is 20.3 Å². The van der Waals surface area contributed by atoms with Crippen LogP contribution in [0.1, 0.15) is 20.3 Å². The molecule has 0 aromatic heterocycles. The molecule has 12 heavy (non-hydrogen) atoms. The Morgan fingerprint density at radius 3 is 2.75 bits per heavy atom. The van der Waals surface area contributed by atoms with E-state index in [1.807, 2.05) is 4.90 Å². The molecule has 0 radical (unpaired) electrons. The lowest BCUT2D eigenvalue weighted by molar-refractivity contribution is -0.138. The van der Waals surface area contributed by atoms with E-state index in [9.17, 15) is 4.79 Å². The molecule has 1 saturated heterocycles. The number of likely N-dealkylation sites (tertiary alicyclic amines) is 1. The normalized spacial score (nSPS) is 25.1. The molecule has 1 rings (SSSR count). The minimum Gasteiger partial charge on any atom is -0.480 e. The topological polar surface area (TPSA) is 40.5 Å². The monoisotopic (exact) mass is 171 g/mol. The molecule has 70 valence electrons. The van der Waals surface area contributed by atoms with Crippen molar-refractivity contribution in [1.82, 2.24) is 4.90 Å². The average Bonchev–Trinajstić information content (AvgIpc) is 2.34. The van der Waals surface area contributed by atoms with E-state index in [1.54, 1.807) is 0 Å². The second-order valence-electron chi connectivity index (χ2n) is 3.92. The Labute approximate surface area is 73.4 Å². The quantitative estimate of drug-likeness (QED) is 0.690. The van der Waals surface area contributed by atoms with Crippen LogP contribution < -0.4 is 0 Å². The van der Waals surface area contributed by atoms with Crippen LogP contribution in [0.3, 0.4) is 0 Å². The summed E-state index contributed by atoms with van der Waals surface area (Å²) in [5, 5.41) is 8.56. The average molecular weight is 171 g/mol. The van der Waals surface area contributed by atoms with Crippen molar-refractivity contribution in [3.63, 3.8) is 0 Å². The number of hydrogen-bond acceptors (Lipinski definition) is 2. The van der Waals surface area contributed by atoms with Gasteiger partial charge in [0.1, 0.15) is 0 Å². The summed E-state index contributed by atoms with van der Waals surface area (Å²) in [6, 6.07) is 0. The van der Waals surface area contributed by atoms with Crippen LogP contribution in [0, 0.1) is 11.8 Å². The lowest BCUT2D eigenvalue weighted by atomic mass is 9.95. The first-order valence-electron chi connectivity index (χ1n) is 4.53. The maximum Gasteiger partial charge on any atom is 0.317 e. The van der Waals surface area contributed by atoms with Crippen molar-refractivity contribution >= 4 is 5.97 Å². The first kappa shape index (κ1) is 9.52. The van der Waals surface area contributed by atoms with Gasteiger partial charge in [-0.1, -0.05) is 13.8 Å². The molecule has 0 aliphatic carbocycles. The van der Waals surface area contributed by atoms with Gasteiger partial charge < -0.3 is 5.11 Å². The first-order valence-corrected chi connectivity index (χ1v) is 4.53. The van der Waals surface area contributed by atoms with Gasteiger partial charge in [-0.15, -0.1) is 0 Å². The zero-order valence-electron chi connectivity index (χ0n) is 7.79. The third kappa shape index (κ3) is 2.48. The molecule has 1 atom stereocenters. The molecule has 0 spiro atoms. The Kier molecular flexibility index (Phi) is 3.09. The Balaban J connectivity index is 2.30. The van der Waals surface area contributed by atoms with Gasteiger partial charge in [-0.3, -0.25) is 9.69 Å². The molecule has 1 aliphatic rings. The largest absolute Gasteiger partial charge is 0.480 e. The third-order valence-electron chi connectivity index (χ3n) is 2.61. The molecule has 1 aliphatic heterocycles. The number of carbonyl (C=O) groups is 1. The molecular formula is C9H17NO2. The van der Waals surface area contributed by atoms with Crippen LogP contribution in [0.4, 0.5) is 0 Å². The zero-order chi connectivity index (χ0) is 9.14. The molecule has 0 amide bonds. The summed E-state index contributed by atoms with van der Waals surface area (Å²) in [5.41, 5.74) is 0. The SMILES string of the molecule is CC(C)[C@H]1CCN(CC(=O)O)C1. The van der Waals surface area contributed by atoms with E-state index in [-0.39, 0.29) is 6.54 Å². The molecule has 0 aromatic carbocycles. The van der Waals surface area contributed by atoms with Gasteiger partial charge >= 0.3 is 5.97 Å². The summed E-state index contributed by atoms with van der Waals surface area (Å²) in [4.78, 5) is 12.4. The smallest absolute Gasteiger partial charge is 0.317 e. The van der Waals surface area contributed by atoms with E-state index in [4.69, 9.17) is 5.11 Å². The number of carboxylic acid groups (broad SMARTS) is 1. The van der Waals surface area contributed by atoms with E-state index in [2.05, 4.69) is 13.8 Å². The molecular weight excluding hydrogens is 154 g/mol. The minimum absolute atomic E-state index is 0.212. The lowest BCUT2D eigenvalue weighted by Gasteiger charge is -2.15. The summed E-state index contributed by atoms with van der Waals surface area (Å²) in [5.74, 6) is 0.674. The highest BCUT2D eigenvalue weighted by atomic mass is 16.4. The van der Waals surface area contributed by atoms with Crippen LogP contribution in [0.25, 0.3) is 0 Å². The van der Waals surface area contributed by atoms with Gasteiger partial charge in [-0.25, -0.2) is 0 Å². The maximum absolute atomic E-state index is 10.4. The van der Waals surface area contributed by atoms with Crippen LogP contribution in [0.2, 0.25) is 0 Å². The van der Waals surface area contributed by atoms with E-state index < -0.39 is 5.97 Å². The third-order valence-corrected chi connectivity index (χ3v) is 2.61. The Bertz CT molecular complexity index is 168. The van der Waals surface area contributed by atoms with Crippen LogP contribution >= 0.6 is 0 Å². The van der Waals surface area contributed by atoms with Crippen molar-refractivity contribution in [1.29, 1.82) is 0 Å². The number of nitrogens with zero attached hydrogens (tertiary/aromatic N) is 1. The molecule has 0 unspecified atom stereocenters. The van der Waals surface area contributed by atoms with Crippen LogP contribution in [0.5, 0.6) is 0 Å². The number of aliphatic carboxylic acids is 1. The molecule has 3 nitrogen and oxygen atoms in total. The lowest BCUT2D eigenvalue weighted by Crippen LogP contribution is -2.28. The highest BCUT2D eigenvalue weighted by molar-refractivity contribution is 5.69. The van der Waals surface area contributed by atoms with Crippen molar-refractivity contribution in [2.24, 2.45) is 11.8 Å². The molecule has 3 heteroatoms. The molecule has 1 heterocycles. The van der Waals surface area contributed by atoms with Gasteiger partial charge in [0.2, 0.25) is 0 Å².